The molecule has 0 aliphatic carbocycles. The van der Waals surface area contributed by atoms with E-state index in [0.717, 1.165) is 5.39 Å². The van der Waals surface area contributed by atoms with E-state index < -0.39 is 21.9 Å². The molecule has 0 unspecified atom stereocenters. The fourth-order valence-electron chi connectivity index (χ4n) is 4.21. The van der Waals surface area contributed by atoms with Crippen LogP contribution in [0.2, 0.25) is 0 Å². The molecule has 0 radical (unpaired) electrons. The number of urea groups is 1. The summed E-state index contributed by atoms with van der Waals surface area (Å²) in [6.45, 7) is -0.109. The maximum atomic E-state index is 14.3. The molecule has 0 bridgehead atoms. The fraction of sp³-hybridized carbons (Fsp3) is 0.0645. The van der Waals surface area contributed by atoms with Gasteiger partial charge in [-0.05, 0) is 60.0 Å². The van der Waals surface area contributed by atoms with Crippen LogP contribution in [0, 0.1) is 5.82 Å². The summed E-state index contributed by atoms with van der Waals surface area (Å²) in [5.41, 5.74) is 0.483. The standard InChI is InChI=1S/C31H26FN3O4S/c32-28-14-6-7-15-29(28)34-31(36)35(24-17-19-26(20-18-24)39-25-11-2-1-3-12-25)22-21-33-40(37,38)30-16-8-10-23-9-4-5-13-27(23)30/h1-20,33H,21-22H2,(H,34,36). The van der Waals surface area contributed by atoms with Gasteiger partial charge in [0.25, 0.3) is 0 Å². The molecule has 0 aliphatic heterocycles. The molecule has 2 N–H and O–H groups in total. The van der Waals surface area contributed by atoms with Gasteiger partial charge in [0.2, 0.25) is 10.0 Å². The zero-order chi connectivity index (χ0) is 28.0. The van der Waals surface area contributed by atoms with Gasteiger partial charge in [-0.25, -0.2) is 22.3 Å². The Morgan fingerprint density at radius 3 is 2.17 bits per heavy atom. The van der Waals surface area contributed by atoms with Crippen molar-refractivity contribution >= 4 is 38.2 Å². The highest BCUT2D eigenvalue weighted by molar-refractivity contribution is 7.89. The van der Waals surface area contributed by atoms with E-state index >= 15 is 0 Å². The Bertz CT molecular complexity index is 1720. The first-order valence-corrected chi connectivity index (χ1v) is 14.0. The molecule has 0 saturated carbocycles. The SMILES string of the molecule is O=C(Nc1ccccc1F)N(CCNS(=O)(=O)c1cccc2ccccc12)c1ccc(Oc2ccccc2)cc1. The van der Waals surface area contributed by atoms with E-state index in [2.05, 4.69) is 10.0 Å². The minimum Gasteiger partial charge on any atom is -0.457 e. The summed E-state index contributed by atoms with van der Waals surface area (Å²) in [6.07, 6.45) is 0. The van der Waals surface area contributed by atoms with Gasteiger partial charge in [-0.3, -0.25) is 4.90 Å². The van der Waals surface area contributed by atoms with Crippen molar-refractivity contribution in [3.63, 3.8) is 0 Å². The maximum Gasteiger partial charge on any atom is 0.326 e. The van der Waals surface area contributed by atoms with E-state index in [1.165, 1.54) is 23.1 Å². The summed E-state index contributed by atoms with van der Waals surface area (Å²) < 4.78 is 49.1. The second-order valence-corrected chi connectivity index (χ2v) is 10.6. The van der Waals surface area contributed by atoms with E-state index in [-0.39, 0.29) is 23.7 Å². The topological polar surface area (TPSA) is 87.7 Å². The third-order valence-corrected chi connectivity index (χ3v) is 7.67. The number of ether oxygens (including phenoxy) is 1. The van der Waals surface area contributed by atoms with Crippen LogP contribution in [0.25, 0.3) is 10.8 Å². The number of rotatable bonds is 9. The maximum absolute atomic E-state index is 14.3. The average Bonchev–Trinajstić information content (AvgIpc) is 2.97. The number of carbonyl (C=O) groups excluding carboxylic acids is 1. The highest BCUT2D eigenvalue weighted by Crippen LogP contribution is 2.26. The molecule has 9 heteroatoms. The van der Waals surface area contributed by atoms with Gasteiger partial charge < -0.3 is 10.1 Å². The first kappa shape index (κ1) is 26.9. The van der Waals surface area contributed by atoms with Gasteiger partial charge in [-0.2, -0.15) is 0 Å². The molecule has 2 amide bonds. The Labute approximate surface area is 231 Å². The van der Waals surface area contributed by atoms with Gasteiger partial charge in [0, 0.05) is 24.2 Å². The highest BCUT2D eigenvalue weighted by Gasteiger charge is 2.21. The molecular formula is C31H26FN3O4S. The van der Waals surface area contributed by atoms with Crippen molar-refractivity contribution in [1.29, 1.82) is 0 Å². The fourth-order valence-corrected chi connectivity index (χ4v) is 5.46. The monoisotopic (exact) mass is 555 g/mol. The van der Waals surface area contributed by atoms with Gasteiger partial charge in [-0.1, -0.05) is 66.7 Å². The number of hydrogen-bond donors (Lipinski definition) is 2. The summed E-state index contributed by atoms with van der Waals surface area (Å²) in [6, 6.07) is 33.5. The number of sulfonamides is 1. The molecule has 0 aliphatic rings. The molecule has 40 heavy (non-hydrogen) atoms. The average molecular weight is 556 g/mol. The van der Waals surface area contributed by atoms with E-state index in [1.807, 2.05) is 48.5 Å². The molecule has 5 aromatic carbocycles. The third-order valence-electron chi connectivity index (χ3n) is 6.15. The van der Waals surface area contributed by atoms with E-state index in [1.54, 1.807) is 54.6 Å². The van der Waals surface area contributed by atoms with Crippen LogP contribution >= 0.6 is 0 Å². The zero-order valence-electron chi connectivity index (χ0n) is 21.3. The lowest BCUT2D eigenvalue weighted by atomic mass is 10.1. The lowest BCUT2D eigenvalue weighted by Crippen LogP contribution is -2.41. The number of carbonyl (C=O) groups is 1. The smallest absolute Gasteiger partial charge is 0.326 e. The number of nitrogens with one attached hydrogen (secondary N) is 2. The van der Waals surface area contributed by atoms with E-state index in [0.29, 0.717) is 22.6 Å². The van der Waals surface area contributed by atoms with Crippen LogP contribution in [-0.2, 0) is 10.0 Å². The van der Waals surface area contributed by atoms with E-state index in [4.69, 9.17) is 4.74 Å². The first-order chi connectivity index (χ1) is 19.4. The van der Waals surface area contributed by atoms with Gasteiger partial charge in [-0.15, -0.1) is 0 Å². The van der Waals surface area contributed by atoms with Crippen LogP contribution in [0.1, 0.15) is 0 Å². The first-order valence-electron chi connectivity index (χ1n) is 12.5. The van der Waals surface area contributed by atoms with Crippen molar-refractivity contribution in [3.05, 3.63) is 127 Å². The Balaban J connectivity index is 1.35. The Kier molecular flexibility index (Phi) is 8.04. The molecule has 7 nitrogen and oxygen atoms in total. The van der Waals surface area contributed by atoms with Crippen molar-refractivity contribution in [1.82, 2.24) is 4.72 Å². The Morgan fingerprint density at radius 1 is 0.750 bits per heavy atom. The van der Waals surface area contributed by atoms with Gasteiger partial charge in [0.15, 0.2) is 0 Å². The van der Waals surface area contributed by atoms with Crippen molar-refractivity contribution in [3.8, 4) is 11.5 Å². The zero-order valence-corrected chi connectivity index (χ0v) is 22.1. The van der Waals surface area contributed by atoms with Crippen molar-refractivity contribution in [2.75, 3.05) is 23.3 Å². The molecule has 0 aromatic heterocycles. The predicted octanol–water partition coefficient (Wildman–Crippen LogP) is 6.79. The number of benzene rings is 5. The number of fused-ring (bicyclic) bond motifs is 1. The van der Waals surface area contributed by atoms with Gasteiger partial charge in [0.05, 0.1) is 10.6 Å². The molecule has 5 rings (SSSR count). The van der Waals surface area contributed by atoms with Crippen molar-refractivity contribution in [2.24, 2.45) is 0 Å². The summed E-state index contributed by atoms with van der Waals surface area (Å²) in [7, 11) is -3.89. The number of hydrogen-bond acceptors (Lipinski definition) is 4. The highest BCUT2D eigenvalue weighted by atomic mass is 32.2. The van der Waals surface area contributed by atoms with Crippen LogP contribution in [0.15, 0.2) is 126 Å². The summed E-state index contributed by atoms with van der Waals surface area (Å²) in [4.78, 5) is 14.8. The van der Waals surface area contributed by atoms with Crippen molar-refractivity contribution < 1.29 is 22.3 Å². The summed E-state index contributed by atoms with van der Waals surface area (Å²) in [5.74, 6) is 0.632. The van der Waals surface area contributed by atoms with Crippen LogP contribution in [0.5, 0.6) is 11.5 Å². The molecule has 202 valence electrons. The van der Waals surface area contributed by atoms with Gasteiger partial charge in [0.1, 0.15) is 17.3 Å². The number of anilines is 2. The van der Waals surface area contributed by atoms with Gasteiger partial charge >= 0.3 is 6.03 Å². The Morgan fingerprint density at radius 2 is 1.40 bits per heavy atom. The van der Waals surface area contributed by atoms with Crippen LogP contribution in [0.3, 0.4) is 0 Å². The molecule has 5 aromatic rings. The molecule has 0 spiro atoms. The normalized spacial score (nSPS) is 11.2. The minimum atomic E-state index is -3.89. The van der Waals surface area contributed by atoms with Crippen LogP contribution in [-0.4, -0.2) is 27.5 Å². The van der Waals surface area contributed by atoms with Crippen molar-refractivity contribution in [2.45, 2.75) is 4.90 Å². The lowest BCUT2D eigenvalue weighted by molar-refractivity contribution is 0.257. The number of para-hydroxylation sites is 2. The third kappa shape index (κ3) is 6.28. The lowest BCUT2D eigenvalue weighted by Gasteiger charge is -2.24. The molecule has 0 heterocycles. The van der Waals surface area contributed by atoms with Crippen LogP contribution in [0.4, 0.5) is 20.6 Å². The summed E-state index contributed by atoms with van der Waals surface area (Å²) >= 11 is 0. The molecule has 0 fully saturated rings. The largest absolute Gasteiger partial charge is 0.457 e. The molecule has 0 atom stereocenters. The predicted molar refractivity (Wildman–Crippen MR) is 155 cm³/mol. The second-order valence-electron chi connectivity index (χ2n) is 8.85. The quantitative estimate of drug-likeness (QED) is 0.210. The molecular weight excluding hydrogens is 529 g/mol. The van der Waals surface area contributed by atoms with E-state index in [9.17, 15) is 17.6 Å². The number of nitrogens with zero attached hydrogens (tertiary/aromatic N) is 1. The summed E-state index contributed by atoms with van der Waals surface area (Å²) in [5, 5.41) is 3.97. The second kappa shape index (κ2) is 12.0. The Hall–Kier alpha value is -4.73. The number of halogens is 1. The molecule has 0 saturated heterocycles. The number of amides is 2. The van der Waals surface area contributed by atoms with Crippen LogP contribution < -0.4 is 19.7 Å². The minimum absolute atomic E-state index is 0.0119.